The molecule has 0 fully saturated rings. The van der Waals surface area contributed by atoms with Crippen LogP contribution in [0.25, 0.3) is 10.8 Å². The SMILES string of the molecule is Cc1ccc2coc(C)c2c1. The standard InChI is InChI=1S/C10H10O/c1-7-3-4-9-6-11-8(2)10(9)5-7/h3-6H,1-2H3. The first-order chi connectivity index (χ1) is 5.27. The molecule has 1 nitrogen and oxygen atoms in total. The van der Waals surface area contributed by atoms with Crippen molar-refractivity contribution in [2.24, 2.45) is 0 Å². The number of hydrogen-bond acceptors (Lipinski definition) is 1. The van der Waals surface area contributed by atoms with E-state index >= 15 is 0 Å². The van der Waals surface area contributed by atoms with Gasteiger partial charge >= 0.3 is 0 Å². The second kappa shape index (κ2) is 2.12. The minimum atomic E-state index is 1.00. The first-order valence-corrected chi connectivity index (χ1v) is 3.72. The van der Waals surface area contributed by atoms with E-state index in [-0.39, 0.29) is 0 Å². The average Bonchev–Trinajstić information content (AvgIpc) is 2.33. The molecule has 1 heteroatoms. The van der Waals surface area contributed by atoms with Gasteiger partial charge in [0.15, 0.2) is 0 Å². The van der Waals surface area contributed by atoms with Crippen LogP contribution >= 0.6 is 0 Å². The van der Waals surface area contributed by atoms with Crippen LogP contribution < -0.4 is 0 Å². The smallest absolute Gasteiger partial charge is 0.108 e. The molecule has 1 aromatic heterocycles. The highest BCUT2D eigenvalue weighted by molar-refractivity contribution is 5.84. The Morgan fingerprint density at radius 1 is 1.18 bits per heavy atom. The van der Waals surface area contributed by atoms with Crippen LogP contribution in [0.4, 0.5) is 0 Å². The summed E-state index contributed by atoms with van der Waals surface area (Å²) in [4.78, 5) is 0. The molecule has 0 aliphatic rings. The predicted octanol–water partition coefficient (Wildman–Crippen LogP) is 3.05. The Kier molecular flexibility index (Phi) is 1.25. The zero-order valence-corrected chi connectivity index (χ0v) is 6.72. The Balaban J connectivity index is 2.87. The van der Waals surface area contributed by atoms with Gasteiger partial charge in [0.05, 0.1) is 6.26 Å². The van der Waals surface area contributed by atoms with E-state index in [1.807, 2.05) is 6.92 Å². The quantitative estimate of drug-likeness (QED) is 0.556. The fourth-order valence-corrected chi connectivity index (χ4v) is 1.29. The molecule has 0 bridgehead atoms. The van der Waals surface area contributed by atoms with Crippen molar-refractivity contribution >= 4 is 10.8 Å². The van der Waals surface area contributed by atoms with Gasteiger partial charge in [-0.15, -0.1) is 0 Å². The normalized spacial score (nSPS) is 10.7. The van der Waals surface area contributed by atoms with Crippen LogP contribution in [0.2, 0.25) is 0 Å². The lowest BCUT2D eigenvalue weighted by molar-refractivity contribution is 0.540. The maximum atomic E-state index is 5.27. The van der Waals surface area contributed by atoms with Crippen molar-refractivity contribution in [2.45, 2.75) is 13.8 Å². The molecule has 0 amide bonds. The van der Waals surface area contributed by atoms with Gasteiger partial charge in [0.25, 0.3) is 0 Å². The molecule has 0 radical (unpaired) electrons. The second-order valence-corrected chi connectivity index (χ2v) is 2.88. The second-order valence-electron chi connectivity index (χ2n) is 2.88. The largest absolute Gasteiger partial charge is 0.468 e. The van der Waals surface area contributed by atoms with E-state index in [2.05, 4.69) is 25.1 Å². The van der Waals surface area contributed by atoms with Gasteiger partial charge in [0.1, 0.15) is 5.76 Å². The Morgan fingerprint density at radius 3 is 2.82 bits per heavy atom. The van der Waals surface area contributed by atoms with Gasteiger partial charge in [-0.1, -0.05) is 17.7 Å². The molecular weight excluding hydrogens is 136 g/mol. The van der Waals surface area contributed by atoms with E-state index in [4.69, 9.17) is 4.42 Å². The van der Waals surface area contributed by atoms with Gasteiger partial charge in [-0.2, -0.15) is 0 Å². The molecule has 1 aromatic carbocycles. The zero-order chi connectivity index (χ0) is 7.84. The van der Waals surface area contributed by atoms with Crippen molar-refractivity contribution in [3.05, 3.63) is 35.8 Å². The number of benzene rings is 1. The fourth-order valence-electron chi connectivity index (χ4n) is 1.29. The third-order valence-corrected chi connectivity index (χ3v) is 1.95. The topological polar surface area (TPSA) is 13.1 Å². The highest BCUT2D eigenvalue weighted by Gasteiger charge is 1.99. The van der Waals surface area contributed by atoms with Gasteiger partial charge < -0.3 is 4.42 Å². The van der Waals surface area contributed by atoms with Crippen LogP contribution in [0.3, 0.4) is 0 Å². The molecule has 2 rings (SSSR count). The third kappa shape index (κ3) is 0.929. The van der Waals surface area contributed by atoms with Crippen molar-refractivity contribution in [1.82, 2.24) is 0 Å². The number of furan rings is 1. The molecule has 1 heterocycles. The Bertz CT molecular complexity index is 385. The van der Waals surface area contributed by atoms with E-state index in [1.165, 1.54) is 16.3 Å². The molecule has 11 heavy (non-hydrogen) atoms. The van der Waals surface area contributed by atoms with Crippen LogP contribution in [0.5, 0.6) is 0 Å². The van der Waals surface area contributed by atoms with Gasteiger partial charge in [0.2, 0.25) is 0 Å². The lowest BCUT2D eigenvalue weighted by Gasteiger charge is -1.91. The molecule has 0 aliphatic carbocycles. The van der Waals surface area contributed by atoms with Crippen LogP contribution in [0.15, 0.2) is 28.9 Å². The molecule has 0 N–H and O–H groups in total. The highest BCUT2D eigenvalue weighted by Crippen LogP contribution is 2.20. The van der Waals surface area contributed by atoms with Gasteiger partial charge in [0, 0.05) is 10.8 Å². The first kappa shape index (κ1) is 6.47. The highest BCUT2D eigenvalue weighted by atomic mass is 16.3. The Labute approximate surface area is 65.6 Å². The van der Waals surface area contributed by atoms with Crippen molar-refractivity contribution in [3.63, 3.8) is 0 Å². The zero-order valence-electron chi connectivity index (χ0n) is 6.72. The Morgan fingerprint density at radius 2 is 2.00 bits per heavy atom. The number of rotatable bonds is 0. The molecule has 0 atom stereocenters. The van der Waals surface area contributed by atoms with Gasteiger partial charge in [-0.05, 0) is 19.9 Å². The van der Waals surface area contributed by atoms with Gasteiger partial charge in [-0.25, -0.2) is 0 Å². The maximum Gasteiger partial charge on any atom is 0.108 e. The van der Waals surface area contributed by atoms with Crippen LogP contribution in [0.1, 0.15) is 11.3 Å². The fraction of sp³-hybridized carbons (Fsp3) is 0.200. The molecule has 0 unspecified atom stereocenters. The van der Waals surface area contributed by atoms with E-state index in [1.54, 1.807) is 6.26 Å². The minimum Gasteiger partial charge on any atom is -0.468 e. The minimum absolute atomic E-state index is 1.00. The number of aryl methyl sites for hydroxylation is 2. The molecule has 0 spiro atoms. The summed E-state index contributed by atoms with van der Waals surface area (Å²) in [5, 5.41) is 2.41. The Hall–Kier alpha value is -1.24. The summed E-state index contributed by atoms with van der Waals surface area (Å²) < 4.78 is 5.27. The lowest BCUT2D eigenvalue weighted by atomic mass is 10.1. The monoisotopic (exact) mass is 146 g/mol. The van der Waals surface area contributed by atoms with E-state index in [0.29, 0.717) is 0 Å². The van der Waals surface area contributed by atoms with Crippen LogP contribution in [-0.4, -0.2) is 0 Å². The molecule has 0 saturated carbocycles. The van der Waals surface area contributed by atoms with Crippen molar-refractivity contribution in [3.8, 4) is 0 Å². The average molecular weight is 146 g/mol. The van der Waals surface area contributed by atoms with Gasteiger partial charge in [-0.3, -0.25) is 0 Å². The first-order valence-electron chi connectivity index (χ1n) is 3.72. The van der Waals surface area contributed by atoms with E-state index < -0.39 is 0 Å². The summed E-state index contributed by atoms with van der Waals surface area (Å²) in [6.45, 7) is 4.08. The maximum absolute atomic E-state index is 5.27. The molecule has 2 aromatic rings. The predicted molar refractivity (Wildman–Crippen MR) is 45.7 cm³/mol. The number of fused-ring (bicyclic) bond motifs is 1. The van der Waals surface area contributed by atoms with E-state index in [0.717, 1.165) is 5.76 Å². The summed E-state index contributed by atoms with van der Waals surface area (Å²) in [6, 6.07) is 6.33. The molecule has 0 saturated heterocycles. The number of hydrogen-bond donors (Lipinski definition) is 0. The van der Waals surface area contributed by atoms with Crippen molar-refractivity contribution < 1.29 is 4.42 Å². The summed E-state index contributed by atoms with van der Waals surface area (Å²) in [5.41, 5.74) is 1.28. The van der Waals surface area contributed by atoms with Crippen molar-refractivity contribution in [1.29, 1.82) is 0 Å². The van der Waals surface area contributed by atoms with Crippen LogP contribution in [0, 0.1) is 13.8 Å². The third-order valence-electron chi connectivity index (χ3n) is 1.95. The summed E-state index contributed by atoms with van der Waals surface area (Å²) in [6.07, 6.45) is 1.80. The summed E-state index contributed by atoms with van der Waals surface area (Å²) >= 11 is 0. The van der Waals surface area contributed by atoms with Crippen LogP contribution in [-0.2, 0) is 0 Å². The summed E-state index contributed by atoms with van der Waals surface area (Å²) in [7, 11) is 0. The lowest BCUT2D eigenvalue weighted by Crippen LogP contribution is -1.71. The molecule has 56 valence electrons. The molecular formula is C10H10O. The molecule has 0 aliphatic heterocycles. The van der Waals surface area contributed by atoms with E-state index in [9.17, 15) is 0 Å². The van der Waals surface area contributed by atoms with Crippen molar-refractivity contribution in [2.75, 3.05) is 0 Å². The summed E-state index contributed by atoms with van der Waals surface area (Å²) in [5.74, 6) is 1.00.